The predicted molar refractivity (Wildman–Crippen MR) is 66.9 cm³/mol. The van der Waals surface area contributed by atoms with Crippen molar-refractivity contribution < 1.29 is 45.6 Å². The zero-order valence-electron chi connectivity index (χ0n) is 11.9. The van der Waals surface area contributed by atoms with Gasteiger partial charge < -0.3 is 36.0 Å². The largest absolute Gasteiger partial charge is 2.00 e. The zero-order valence-corrected chi connectivity index (χ0v) is 14.1. The molecule has 0 radical (unpaired) electrons. The molecule has 1 heterocycles. The quantitative estimate of drug-likeness (QED) is 0.418. The van der Waals surface area contributed by atoms with Gasteiger partial charge in [-0.05, 0) is 44.2 Å². The summed E-state index contributed by atoms with van der Waals surface area (Å²) in [6.07, 6.45) is 2.98. The molecule has 0 aromatic heterocycles. The van der Waals surface area contributed by atoms with Crippen LogP contribution in [0.15, 0.2) is 0 Å². The molecule has 1 saturated heterocycles. The van der Waals surface area contributed by atoms with E-state index in [-0.39, 0.29) is 39.3 Å². The number of carbonyl (C=O) groups is 2. The molecular formula is C13H22N2O5Pt. The van der Waals surface area contributed by atoms with Gasteiger partial charge in [0.1, 0.15) is 0 Å². The number of aliphatic carboxylic acids is 2. The van der Waals surface area contributed by atoms with Crippen LogP contribution < -0.4 is 21.7 Å². The van der Waals surface area contributed by atoms with Gasteiger partial charge >= 0.3 is 21.1 Å². The molecule has 21 heavy (non-hydrogen) atoms. The van der Waals surface area contributed by atoms with Gasteiger partial charge in [0, 0.05) is 18.6 Å². The van der Waals surface area contributed by atoms with Crippen molar-refractivity contribution in [1.29, 1.82) is 0 Å². The van der Waals surface area contributed by atoms with Crippen molar-refractivity contribution in [2.24, 2.45) is 22.3 Å². The first-order valence-corrected chi connectivity index (χ1v) is 6.83. The molecule has 0 aromatic rings. The van der Waals surface area contributed by atoms with Crippen LogP contribution in [0, 0.1) is 10.8 Å². The van der Waals surface area contributed by atoms with E-state index >= 15 is 0 Å². The first-order chi connectivity index (χ1) is 9.42. The van der Waals surface area contributed by atoms with Crippen LogP contribution in [0.1, 0.15) is 32.1 Å². The van der Waals surface area contributed by atoms with Crippen LogP contribution in [0.25, 0.3) is 0 Å². The smallest absolute Gasteiger partial charge is 0.549 e. The fourth-order valence-electron chi connectivity index (χ4n) is 2.32. The van der Waals surface area contributed by atoms with Crippen molar-refractivity contribution in [2.75, 3.05) is 26.3 Å². The molecule has 0 spiro atoms. The Morgan fingerprint density at radius 1 is 0.952 bits per heavy atom. The second-order valence-electron chi connectivity index (χ2n) is 5.53. The second kappa shape index (κ2) is 8.83. The van der Waals surface area contributed by atoms with Crippen molar-refractivity contribution in [2.45, 2.75) is 32.1 Å². The van der Waals surface area contributed by atoms with Crippen LogP contribution in [0.3, 0.4) is 0 Å². The molecule has 8 heteroatoms. The number of rotatable bonds is 4. The Morgan fingerprint density at radius 2 is 1.38 bits per heavy atom. The standard InChI is InChI=1S/C7H16N2O.C6H8O4.Pt/c8-5-7(6-9)1-3-10-4-2-7;7-4(8)6(5(9)10)2-1-3-6;/h1-6,8-9H2;1-3H2,(H,7,8)(H,9,10);/q;;+2/p-2. The molecule has 2 rings (SSSR count). The molecule has 1 aliphatic heterocycles. The van der Waals surface area contributed by atoms with E-state index in [1.165, 1.54) is 0 Å². The molecule has 7 nitrogen and oxygen atoms in total. The van der Waals surface area contributed by atoms with Gasteiger partial charge in [0.25, 0.3) is 0 Å². The number of nitrogens with two attached hydrogens (primary N) is 2. The van der Waals surface area contributed by atoms with Gasteiger partial charge in [-0.2, -0.15) is 0 Å². The summed E-state index contributed by atoms with van der Waals surface area (Å²) in [5, 5.41) is 20.4. The third kappa shape index (κ3) is 4.74. The molecule has 4 N–H and O–H groups in total. The third-order valence-electron chi connectivity index (χ3n) is 4.41. The summed E-state index contributed by atoms with van der Waals surface area (Å²) >= 11 is 0. The number of hydrogen-bond donors (Lipinski definition) is 2. The van der Waals surface area contributed by atoms with Gasteiger partial charge in [-0.25, -0.2) is 0 Å². The van der Waals surface area contributed by atoms with Crippen LogP contribution >= 0.6 is 0 Å². The molecule has 0 atom stereocenters. The summed E-state index contributed by atoms with van der Waals surface area (Å²) in [7, 11) is 0. The van der Waals surface area contributed by atoms with Crippen LogP contribution in [0.5, 0.6) is 0 Å². The summed E-state index contributed by atoms with van der Waals surface area (Å²) in [6, 6.07) is 0. The van der Waals surface area contributed by atoms with E-state index in [9.17, 15) is 19.8 Å². The third-order valence-corrected chi connectivity index (χ3v) is 4.41. The summed E-state index contributed by atoms with van der Waals surface area (Å²) in [5.74, 6) is -3.03. The van der Waals surface area contributed by atoms with Crippen LogP contribution in [0.2, 0.25) is 0 Å². The molecule has 1 saturated carbocycles. The van der Waals surface area contributed by atoms with E-state index in [1.54, 1.807) is 0 Å². The van der Waals surface area contributed by atoms with E-state index in [0.717, 1.165) is 26.1 Å². The number of carboxylic acid groups (broad SMARTS) is 2. The molecule has 2 fully saturated rings. The molecule has 0 unspecified atom stereocenters. The first-order valence-electron chi connectivity index (χ1n) is 6.83. The summed E-state index contributed by atoms with van der Waals surface area (Å²) in [6.45, 7) is 3.06. The molecule has 0 amide bonds. The van der Waals surface area contributed by atoms with Crippen LogP contribution in [-0.4, -0.2) is 38.2 Å². The summed E-state index contributed by atoms with van der Waals surface area (Å²) < 4.78 is 5.22. The van der Waals surface area contributed by atoms with Crippen LogP contribution in [0.4, 0.5) is 0 Å². The number of carboxylic acids is 2. The van der Waals surface area contributed by atoms with E-state index < -0.39 is 17.4 Å². The van der Waals surface area contributed by atoms with E-state index in [4.69, 9.17) is 16.2 Å². The van der Waals surface area contributed by atoms with Crippen molar-refractivity contribution in [1.82, 2.24) is 0 Å². The Hall–Kier alpha value is -0.492. The van der Waals surface area contributed by atoms with Crippen molar-refractivity contribution in [3.05, 3.63) is 0 Å². The molecule has 0 aromatic carbocycles. The van der Waals surface area contributed by atoms with Gasteiger partial charge in [0.2, 0.25) is 0 Å². The predicted octanol–water partition coefficient (Wildman–Crippen LogP) is -2.65. The molecular weight excluding hydrogens is 459 g/mol. The Balaban J connectivity index is 0.000000364. The maximum absolute atomic E-state index is 10.2. The minimum absolute atomic E-state index is 0. The van der Waals surface area contributed by atoms with Gasteiger partial charge in [-0.3, -0.25) is 0 Å². The monoisotopic (exact) mass is 481 g/mol. The average molecular weight is 481 g/mol. The Labute approximate surface area is 138 Å². The normalized spacial score (nSPS) is 21.8. The SMILES string of the molecule is NCC1(CN)CCOCC1.O=C([O-])C1(C(=O)[O-])CCC1.[Pt+2]. The molecule has 2 aliphatic rings. The van der Waals surface area contributed by atoms with Gasteiger partial charge in [0.05, 0.1) is 11.9 Å². The zero-order chi connectivity index (χ0) is 15.2. The van der Waals surface area contributed by atoms with Crippen LogP contribution in [-0.2, 0) is 35.4 Å². The number of ether oxygens (including phenoxy) is 1. The minimum atomic E-state index is -1.67. The second-order valence-corrected chi connectivity index (χ2v) is 5.53. The van der Waals surface area contributed by atoms with Gasteiger partial charge in [-0.1, -0.05) is 6.42 Å². The molecule has 1 aliphatic carbocycles. The van der Waals surface area contributed by atoms with Crippen molar-refractivity contribution >= 4 is 11.9 Å². The van der Waals surface area contributed by atoms with E-state index in [2.05, 4.69) is 0 Å². The maximum atomic E-state index is 10.2. The Morgan fingerprint density at radius 3 is 1.52 bits per heavy atom. The van der Waals surface area contributed by atoms with Gasteiger partial charge in [0.15, 0.2) is 0 Å². The molecule has 0 bridgehead atoms. The van der Waals surface area contributed by atoms with E-state index in [0.29, 0.717) is 19.5 Å². The molecule has 124 valence electrons. The maximum Gasteiger partial charge on any atom is 2.00 e. The fourth-order valence-corrected chi connectivity index (χ4v) is 2.32. The Kier molecular flexibility index (Phi) is 8.62. The minimum Gasteiger partial charge on any atom is -0.549 e. The van der Waals surface area contributed by atoms with Crippen molar-refractivity contribution in [3.63, 3.8) is 0 Å². The Bertz CT molecular complexity index is 332. The fraction of sp³-hybridized carbons (Fsp3) is 0.846. The summed E-state index contributed by atoms with van der Waals surface area (Å²) in [4.78, 5) is 20.4. The topological polar surface area (TPSA) is 142 Å². The number of hydrogen-bond acceptors (Lipinski definition) is 7. The first kappa shape index (κ1) is 20.5. The summed E-state index contributed by atoms with van der Waals surface area (Å²) in [5.41, 5.74) is 9.75. The van der Waals surface area contributed by atoms with E-state index in [1.807, 2.05) is 0 Å². The van der Waals surface area contributed by atoms with Gasteiger partial charge in [-0.15, -0.1) is 0 Å². The average Bonchev–Trinajstić information content (AvgIpc) is 2.38. The van der Waals surface area contributed by atoms with Crippen molar-refractivity contribution in [3.8, 4) is 0 Å². The number of carbonyl (C=O) groups excluding carboxylic acids is 2.